The molecular weight excluding hydrogens is 356 g/mol. The van der Waals surface area contributed by atoms with Crippen molar-refractivity contribution < 1.29 is 18.8 Å². The number of benzene rings is 1. The summed E-state index contributed by atoms with van der Waals surface area (Å²) >= 11 is 9.09. The zero-order valence-corrected chi connectivity index (χ0v) is 12.9. The van der Waals surface area contributed by atoms with Crippen molar-refractivity contribution in [3.05, 3.63) is 32.5 Å². The maximum atomic E-state index is 13.2. The molecule has 0 heterocycles. The Hall–Kier alpha value is -0.920. The number of hydrogen-bond donors (Lipinski definition) is 0. The third-order valence-corrected chi connectivity index (χ3v) is 4.01. The Kier molecular flexibility index (Phi) is 4.82. The highest BCUT2D eigenvalue weighted by molar-refractivity contribution is 9.10. The molecule has 0 N–H and O–H groups in total. The van der Waals surface area contributed by atoms with Gasteiger partial charge in [-0.05, 0) is 28.9 Å². The predicted octanol–water partition coefficient (Wildman–Crippen LogP) is 3.66. The summed E-state index contributed by atoms with van der Waals surface area (Å²) in [4.78, 5) is 10.3. The van der Waals surface area contributed by atoms with E-state index in [0.29, 0.717) is 13.0 Å². The minimum absolute atomic E-state index is 0.00494. The highest BCUT2D eigenvalue weighted by Gasteiger charge is 2.43. The summed E-state index contributed by atoms with van der Waals surface area (Å²) in [5.74, 6) is -0.712. The number of nitro groups is 1. The highest BCUT2D eigenvalue weighted by atomic mass is 79.9. The zero-order valence-electron chi connectivity index (χ0n) is 10.5. The number of alkyl halides is 1. The normalized spacial score (nSPS) is 25.1. The minimum Gasteiger partial charge on any atom is -0.480 e. The molecule has 3 unspecified atom stereocenters. The van der Waals surface area contributed by atoms with Crippen LogP contribution in [-0.4, -0.2) is 29.1 Å². The molecule has 1 aromatic rings. The van der Waals surface area contributed by atoms with Crippen molar-refractivity contribution in [3.8, 4) is 5.75 Å². The Morgan fingerprint density at radius 3 is 2.85 bits per heavy atom. The fourth-order valence-electron chi connectivity index (χ4n) is 2.00. The molecule has 1 saturated carbocycles. The monoisotopic (exact) mass is 367 g/mol. The lowest BCUT2D eigenvalue weighted by atomic mass is 9.91. The quantitative estimate of drug-likeness (QED) is 0.452. The number of rotatable bonds is 5. The van der Waals surface area contributed by atoms with Crippen LogP contribution < -0.4 is 4.74 Å². The van der Waals surface area contributed by atoms with Crippen LogP contribution in [0.4, 0.5) is 10.1 Å². The summed E-state index contributed by atoms with van der Waals surface area (Å²) in [5.41, 5.74) is -0.426. The van der Waals surface area contributed by atoms with Crippen molar-refractivity contribution in [2.45, 2.75) is 30.9 Å². The smallest absolute Gasteiger partial charge is 0.315 e. The van der Waals surface area contributed by atoms with E-state index in [9.17, 15) is 14.5 Å². The molecule has 20 heavy (non-hydrogen) atoms. The first-order chi connectivity index (χ1) is 9.43. The lowest BCUT2D eigenvalue weighted by molar-refractivity contribution is -0.386. The maximum Gasteiger partial charge on any atom is 0.315 e. The number of halogens is 3. The van der Waals surface area contributed by atoms with Gasteiger partial charge in [-0.2, -0.15) is 0 Å². The molecule has 0 amide bonds. The van der Waals surface area contributed by atoms with Gasteiger partial charge in [0.25, 0.3) is 0 Å². The van der Waals surface area contributed by atoms with Gasteiger partial charge in [0.15, 0.2) is 0 Å². The largest absolute Gasteiger partial charge is 0.480 e. The number of nitro benzene ring substituents is 1. The van der Waals surface area contributed by atoms with Crippen LogP contribution in [0.2, 0.25) is 0 Å². The Balaban J connectivity index is 2.23. The lowest BCUT2D eigenvalue weighted by Gasteiger charge is -2.40. The summed E-state index contributed by atoms with van der Waals surface area (Å²) in [5, 5.41) is 10.8. The van der Waals surface area contributed by atoms with E-state index in [1.165, 1.54) is 0 Å². The predicted molar refractivity (Wildman–Crippen MR) is 74.8 cm³/mol. The van der Waals surface area contributed by atoms with Crippen LogP contribution in [0.3, 0.4) is 0 Å². The second-order valence-electron chi connectivity index (χ2n) is 4.32. The first-order valence-corrected chi connectivity index (χ1v) is 7.22. The molecule has 1 aromatic carbocycles. The van der Waals surface area contributed by atoms with Crippen LogP contribution >= 0.6 is 27.5 Å². The van der Waals surface area contributed by atoms with E-state index in [-0.39, 0.29) is 27.8 Å². The topological polar surface area (TPSA) is 61.6 Å². The lowest BCUT2D eigenvalue weighted by Crippen LogP contribution is -2.52. The van der Waals surface area contributed by atoms with Crippen molar-refractivity contribution in [3.63, 3.8) is 0 Å². The van der Waals surface area contributed by atoms with Gasteiger partial charge in [-0.15, -0.1) is 11.6 Å². The molecule has 0 radical (unpaired) electrons. The summed E-state index contributed by atoms with van der Waals surface area (Å²) in [6.45, 7) is 2.30. The number of hydrogen-bond acceptors (Lipinski definition) is 4. The molecule has 5 nitrogen and oxygen atoms in total. The van der Waals surface area contributed by atoms with E-state index in [1.54, 1.807) is 0 Å². The SMILES string of the molecule is CCOC1C(Cl)CC1Oc1c(Br)cc(F)cc1[N+](=O)[O-]. The van der Waals surface area contributed by atoms with Crippen LogP contribution in [0.25, 0.3) is 0 Å². The average molecular weight is 369 g/mol. The molecule has 3 atom stereocenters. The van der Waals surface area contributed by atoms with Gasteiger partial charge >= 0.3 is 5.69 Å². The van der Waals surface area contributed by atoms with Gasteiger partial charge in [-0.1, -0.05) is 0 Å². The molecule has 0 spiro atoms. The van der Waals surface area contributed by atoms with Crippen molar-refractivity contribution in [2.24, 2.45) is 0 Å². The van der Waals surface area contributed by atoms with Gasteiger partial charge in [0.1, 0.15) is 18.0 Å². The van der Waals surface area contributed by atoms with E-state index in [0.717, 1.165) is 12.1 Å². The Bertz CT molecular complexity index is 530. The molecule has 2 rings (SSSR count). The van der Waals surface area contributed by atoms with Gasteiger partial charge in [0, 0.05) is 13.0 Å². The van der Waals surface area contributed by atoms with Crippen LogP contribution in [0, 0.1) is 15.9 Å². The van der Waals surface area contributed by atoms with E-state index in [2.05, 4.69) is 15.9 Å². The number of ether oxygens (including phenoxy) is 2. The van der Waals surface area contributed by atoms with E-state index in [4.69, 9.17) is 21.1 Å². The van der Waals surface area contributed by atoms with Gasteiger partial charge in [0.2, 0.25) is 5.75 Å². The van der Waals surface area contributed by atoms with E-state index >= 15 is 0 Å². The molecule has 0 bridgehead atoms. The molecule has 110 valence electrons. The molecular formula is C12H12BrClFNO4. The summed E-state index contributed by atoms with van der Waals surface area (Å²) < 4.78 is 24.4. The van der Waals surface area contributed by atoms with E-state index in [1.807, 2.05) is 6.92 Å². The van der Waals surface area contributed by atoms with Crippen molar-refractivity contribution >= 4 is 33.2 Å². The highest BCUT2D eigenvalue weighted by Crippen LogP contribution is 2.40. The molecule has 1 aliphatic rings. The Morgan fingerprint density at radius 1 is 1.60 bits per heavy atom. The zero-order chi connectivity index (χ0) is 14.9. The van der Waals surface area contributed by atoms with Gasteiger partial charge in [-0.25, -0.2) is 4.39 Å². The van der Waals surface area contributed by atoms with Crippen LogP contribution in [0.15, 0.2) is 16.6 Å². The fraction of sp³-hybridized carbons (Fsp3) is 0.500. The molecule has 1 fully saturated rings. The molecule has 0 aliphatic heterocycles. The van der Waals surface area contributed by atoms with Crippen molar-refractivity contribution in [1.29, 1.82) is 0 Å². The minimum atomic E-state index is -0.707. The van der Waals surface area contributed by atoms with Crippen molar-refractivity contribution in [2.75, 3.05) is 6.61 Å². The summed E-state index contributed by atoms with van der Waals surface area (Å²) in [7, 11) is 0. The molecule has 0 saturated heterocycles. The van der Waals surface area contributed by atoms with E-state index < -0.39 is 16.4 Å². The number of nitrogens with zero attached hydrogens (tertiary/aromatic N) is 1. The third-order valence-electron chi connectivity index (χ3n) is 2.99. The fourth-order valence-corrected chi connectivity index (χ4v) is 2.92. The van der Waals surface area contributed by atoms with Crippen molar-refractivity contribution in [1.82, 2.24) is 0 Å². The van der Waals surface area contributed by atoms with Gasteiger partial charge in [0.05, 0.1) is 20.8 Å². The van der Waals surface area contributed by atoms with Crippen LogP contribution in [0.1, 0.15) is 13.3 Å². The summed E-state index contributed by atoms with van der Waals surface area (Å²) in [6.07, 6.45) is -0.177. The second-order valence-corrected chi connectivity index (χ2v) is 5.74. The molecule has 8 heteroatoms. The molecule has 1 aliphatic carbocycles. The molecule has 0 aromatic heterocycles. The summed E-state index contributed by atoms with van der Waals surface area (Å²) in [6, 6.07) is 1.95. The standard InChI is InChI=1S/C12H12BrClFNO4/c1-2-19-12-8(14)5-10(12)20-11-7(13)3-6(15)4-9(11)16(17)18/h3-4,8,10,12H,2,5H2,1H3. The third kappa shape index (κ3) is 3.05. The Morgan fingerprint density at radius 2 is 2.30 bits per heavy atom. The average Bonchev–Trinajstić information content (AvgIpc) is 2.37. The first kappa shape index (κ1) is 15.5. The Labute approximate surface area is 128 Å². The van der Waals surface area contributed by atoms with Crippen LogP contribution in [0.5, 0.6) is 5.75 Å². The second kappa shape index (κ2) is 6.24. The first-order valence-electron chi connectivity index (χ1n) is 5.99. The van der Waals surface area contributed by atoms with Gasteiger partial charge < -0.3 is 9.47 Å². The van der Waals surface area contributed by atoms with Crippen LogP contribution in [-0.2, 0) is 4.74 Å². The van der Waals surface area contributed by atoms with Gasteiger partial charge in [-0.3, -0.25) is 10.1 Å². The maximum absolute atomic E-state index is 13.2.